The zero-order chi connectivity index (χ0) is 29.0. The highest BCUT2D eigenvalue weighted by Gasteiger charge is 2.17. The highest BCUT2D eigenvalue weighted by molar-refractivity contribution is 6.21. The number of hydrogen-bond donors (Lipinski definition) is 0. The van der Waals surface area contributed by atoms with Crippen molar-refractivity contribution >= 4 is 54.1 Å². The molecule has 0 atom stereocenters. The van der Waals surface area contributed by atoms with Crippen molar-refractivity contribution in [2.24, 2.45) is 0 Å². The fraction of sp³-hybridized carbons (Fsp3) is 0. The molecule has 0 radical (unpaired) electrons. The molecule has 0 unspecified atom stereocenters. The van der Waals surface area contributed by atoms with Crippen molar-refractivity contribution in [1.29, 1.82) is 0 Å². The lowest BCUT2D eigenvalue weighted by molar-refractivity contribution is 1.37. The second-order valence-electron chi connectivity index (χ2n) is 11.4. The molecule has 0 aliphatic heterocycles. The van der Waals surface area contributed by atoms with E-state index in [2.05, 4.69) is 151 Å². The summed E-state index contributed by atoms with van der Waals surface area (Å²) < 4.78 is 0. The van der Waals surface area contributed by atoms with Crippen LogP contribution in [0.3, 0.4) is 0 Å². The lowest BCUT2D eigenvalue weighted by Gasteiger charge is -2.18. The van der Waals surface area contributed by atoms with Crippen molar-refractivity contribution in [2.75, 3.05) is 0 Å². The van der Waals surface area contributed by atoms with Crippen LogP contribution in [0.15, 0.2) is 158 Å². The first-order valence-electron chi connectivity index (χ1n) is 15.0. The highest BCUT2D eigenvalue weighted by atomic mass is 14.7. The zero-order valence-electron chi connectivity index (χ0n) is 23.9. The molecule has 0 aliphatic carbocycles. The number of benzene rings is 7. The SMILES string of the molecule is c1cc(-c2ccc3ccc4cccnc4c3n2)cc(-c2c3ccccc3c(-c3ccc4ccccc4c3)c3ccccc23)c1. The van der Waals surface area contributed by atoms with E-state index in [1.165, 1.54) is 54.6 Å². The van der Waals surface area contributed by atoms with Gasteiger partial charge in [-0.05, 0) is 78.8 Å². The second kappa shape index (κ2) is 9.86. The maximum Gasteiger partial charge on any atom is 0.0972 e. The summed E-state index contributed by atoms with van der Waals surface area (Å²) in [4.78, 5) is 9.81. The Hall–Kier alpha value is -5.86. The van der Waals surface area contributed by atoms with Crippen LogP contribution in [0.25, 0.3) is 87.6 Å². The van der Waals surface area contributed by atoms with E-state index in [1.807, 2.05) is 12.3 Å². The molecule has 44 heavy (non-hydrogen) atoms. The monoisotopic (exact) mass is 558 g/mol. The van der Waals surface area contributed by atoms with Crippen molar-refractivity contribution in [3.8, 4) is 33.5 Å². The molecule has 2 heterocycles. The lowest BCUT2D eigenvalue weighted by atomic mass is 9.85. The van der Waals surface area contributed by atoms with Crippen LogP contribution < -0.4 is 0 Å². The zero-order valence-corrected chi connectivity index (χ0v) is 23.9. The summed E-state index contributed by atoms with van der Waals surface area (Å²) in [7, 11) is 0. The standard InChI is InChI=1S/C42H26N2/c1-2-10-30-25-33(21-18-27(30)9-1)40-36-16-5-3-14-34(36)39(35-15-4-6-17-37(35)40)32-12-7-11-31(26-32)38-23-22-29-20-19-28-13-8-24-43-41(28)42(29)44-38/h1-26H. The van der Waals surface area contributed by atoms with Crippen LogP contribution in [0.5, 0.6) is 0 Å². The van der Waals surface area contributed by atoms with Gasteiger partial charge >= 0.3 is 0 Å². The van der Waals surface area contributed by atoms with E-state index in [0.29, 0.717) is 0 Å². The van der Waals surface area contributed by atoms with E-state index < -0.39 is 0 Å². The van der Waals surface area contributed by atoms with Crippen LogP contribution >= 0.6 is 0 Å². The molecule has 0 amide bonds. The van der Waals surface area contributed by atoms with Crippen LogP contribution in [-0.2, 0) is 0 Å². The van der Waals surface area contributed by atoms with Crippen LogP contribution in [0.2, 0.25) is 0 Å². The Morgan fingerprint density at radius 3 is 1.61 bits per heavy atom. The van der Waals surface area contributed by atoms with Gasteiger partial charge in [0.05, 0.1) is 16.7 Å². The second-order valence-corrected chi connectivity index (χ2v) is 11.4. The normalized spacial score (nSPS) is 11.6. The maximum absolute atomic E-state index is 5.15. The number of nitrogens with zero attached hydrogens (tertiary/aromatic N) is 2. The van der Waals surface area contributed by atoms with E-state index in [1.54, 1.807) is 0 Å². The van der Waals surface area contributed by atoms with Gasteiger partial charge in [-0.2, -0.15) is 0 Å². The van der Waals surface area contributed by atoms with Gasteiger partial charge in [0.2, 0.25) is 0 Å². The molecule has 0 saturated heterocycles. The number of hydrogen-bond acceptors (Lipinski definition) is 2. The van der Waals surface area contributed by atoms with Gasteiger partial charge < -0.3 is 0 Å². The van der Waals surface area contributed by atoms with Crippen LogP contribution in [0.4, 0.5) is 0 Å². The number of aromatic nitrogens is 2. The Morgan fingerprint density at radius 1 is 0.341 bits per heavy atom. The first kappa shape index (κ1) is 24.7. The summed E-state index contributed by atoms with van der Waals surface area (Å²) in [6.45, 7) is 0. The van der Waals surface area contributed by atoms with Gasteiger partial charge in [0, 0.05) is 22.5 Å². The first-order valence-corrected chi connectivity index (χ1v) is 15.0. The Balaban J connectivity index is 1.28. The molecular weight excluding hydrogens is 532 g/mol. The minimum atomic E-state index is 0.932. The molecule has 0 spiro atoms. The molecule has 0 fully saturated rings. The van der Waals surface area contributed by atoms with Gasteiger partial charge in [-0.1, -0.05) is 127 Å². The average molecular weight is 559 g/mol. The molecule has 2 aromatic heterocycles. The van der Waals surface area contributed by atoms with E-state index in [0.717, 1.165) is 33.1 Å². The van der Waals surface area contributed by atoms with Crippen LogP contribution in [-0.4, -0.2) is 9.97 Å². The fourth-order valence-electron chi connectivity index (χ4n) is 6.81. The van der Waals surface area contributed by atoms with Crippen molar-refractivity contribution in [2.45, 2.75) is 0 Å². The maximum atomic E-state index is 5.15. The Kier molecular flexibility index (Phi) is 5.54. The minimum absolute atomic E-state index is 0.932. The molecule has 204 valence electrons. The molecule has 0 N–H and O–H groups in total. The summed E-state index contributed by atoms with van der Waals surface area (Å²) in [6, 6.07) is 54.5. The van der Waals surface area contributed by atoms with E-state index in [9.17, 15) is 0 Å². The van der Waals surface area contributed by atoms with E-state index >= 15 is 0 Å². The summed E-state index contributed by atoms with van der Waals surface area (Å²) in [6.07, 6.45) is 1.84. The molecule has 2 heteroatoms. The fourth-order valence-corrected chi connectivity index (χ4v) is 6.81. The van der Waals surface area contributed by atoms with Gasteiger partial charge in [-0.15, -0.1) is 0 Å². The van der Waals surface area contributed by atoms with E-state index in [4.69, 9.17) is 4.98 Å². The topological polar surface area (TPSA) is 25.8 Å². The molecule has 0 saturated carbocycles. The number of fused-ring (bicyclic) bond motifs is 6. The summed E-state index contributed by atoms with van der Waals surface area (Å²) >= 11 is 0. The predicted molar refractivity (Wildman–Crippen MR) is 186 cm³/mol. The van der Waals surface area contributed by atoms with E-state index in [-0.39, 0.29) is 0 Å². The molecule has 0 aliphatic rings. The van der Waals surface area contributed by atoms with Gasteiger partial charge in [-0.25, -0.2) is 4.98 Å². The Labute approximate surface area is 254 Å². The van der Waals surface area contributed by atoms with Crippen LogP contribution in [0, 0.1) is 0 Å². The number of rotatable bonds is 3. The van der Waals surface area contributed by atoms with Crippen molar-refractivity contribution in [1.82, 2.24) is 9.97 Å². The van der Waals surface area contributed by atoms with Gasteiger partial charge in [0.15, 0.2) is 0 Å². The summed E-state index contributed by atoms with van der Waals surface area (Å²) in [5.74, 6) is 0. The van der Waals surface area contributed by atoms with Crippen molar-refractivity contribution in [3.63, 3.8) is 0 Å². The Bertz CT molecular complexity index is 2510. The third-order valence-corrected chi connectivity index (χ3v) is 8.85. The first-order chi connectivity index (χ1) is 21.8. The molecule has 2 nitrogen and oxygen atoms in total. The lowest BCUT2D eigenvalue weighted by Crippen LogP contribution is -1.92. The summed E-state index contributed by atoms with van der Waals surface area (Å²) in [5, 5.41) is 9.69. The largest absolute Gasteiger partial charge is 0.254 e. The number of pyridine rings is 2. The predicted octanol–water partition coefficient (Wildman–Crippen LogP) is 11.2. The van der Waals surface area contributed by atoms with Crippen molar-refractivity contribution in [3.05, 3.63) is 158 Å². The average Bonchev–Trinajstić information content (AvgIpc) is 3.10. The molecule has 9 rings (SSSR count). The quantitative estimate of drug-likeness (QED) is 0.159. The highest BCUT2D eigenvalue weighted by Crippen LogP contribution is 2.44. The van der Waals surface area contributed by atoms with Crippen LogP contribution in [0.1, 0.15) is 0 Å². The molecule has 7 aromatic carbocycles. The van der Waals surface area contributed by atoms with Gasteiger partial charge in [0.25, 0.3) is 0 Å². The molecule has 0 bridgehead atoms. The summed E-state index contributed by atoms with van der Waals surface area (Å²) in [5.41, 5.74) is 8.83. The Morgan fingerprint density at radius 2 is 0.886 bits per heavy atom. The smallest absolute Gasteiger partial charge is 0.0972 e. The van der Waals surface area contributed by atoms with Gasteiger partial charge in [-0.3, -0.25) is 4.98 Å². The third kappa shape index (κ3) is 3.89. The minimum Gasteiger partial charge on any atom is -0.254 e. The molecule has 9 aromatic rings. The van der Waals surface area contributed by atoms with Crippen molar-refractivity contribution < 1.29 is 0 Å². The third-order valence-electron chi connectivity index (χ3n) is 8.85. The molecular formula is C42H26N2. The van der Waals surface area contributed by atoms with Gasteiger partial charge in [0.1, 0.15) is 0 Å².